The molecule has 0 bridgehead atoms. The van der Waals surface area contributed by atoms with Gasteiger partial charge in [-0.2, -0.15) is 0 Å². The number of aliphatic carboxylic acids is 1. The van der Waals surface area contributed by atoms with Crippen LogP contribution in [-0.4, -0.2) is 59.5 Å². The average Bonchev–Trinajstić information content (AvgIpc) is 2.12. The van der Waals surface area contributed by atoms with E-state index >= 15 is 0 Å². The predicted octanol–water partition coefficient (Wildman–Crippen LogP) is -0.210. The molecule has 1 aliphatic rings. The highest BCUT2D eigenvalue weighted by Gasteiger charge is 2.30. The maximum atomic E-state index is 11.5. The highest BCUT2D eigenvalue weighted by Crippen LogP contribution is 2.11. The molecule has 1 amide bonds. The molecule has 0 spiro atoms. The summed E-state index contributed by atoms with van der Waals surface area (Å²) in [6.07, 6.45) is 1.72. The molecule has 0 aromatic rings. The topological polar surface area (TPSA) is 60.9 Å². The summed E-state index contributed by atoms with van der Waals surface area (Å²) >= 11 is 0. The number of carboxylic acid groups (broad SMARTS) is 1. The van der Waals surface area contributed by atoms with Crippen LogP contribution in [0, 0.1) is 0 Å². The van der Waals surface area contributed by atoms with E-state index in [1.54, 1.807) is 22.9 Å². The molecular weight excluding hydrogens is 196 g/mol. The van der Waals surface area contributed by atoms with Gasteiger partial charge in [0.1, 0.15) is 0 Å². The van der Waals surface area contributed by atoms with E-state index in [-0.39, 0.29) is 24.9 Å². The van der Waals surface area contributed by atoms with Gasteiger partial charge in [0.15, 0.2) is 0 Å². The number of piperazine rings is 1. The first kappa shape index (κ1) is 11.7. The Labute approximate surface area is 89.0 Å². The molecule has 1 aliphatic heterocycles. The molecule has 1 saturated heterocycles. The first-order valence-electron chi connectivity index (χ1n) is 4.85. The molecule has 0 radical (unpaired) electrons. The first-order valence-corrected chi connectivity index (χ1v) is 4.85. The van der Waals surface area contributed by atoms with Crippen LogP contribution in [0.1, 0.15) is 6.42 Å². The monoisotopic (exact) mass is 212 g/mol. The van der Waals surface area contributed by atoms with Crippen LogP contribution in [0.4, 0.5) is 0 Å². The number of hydrogen-bond acceptors (Lipinski definition) is 3. The SMILES string of the molecule is C=CCN1CC(CC(=O)O)N(C)CC1=O. The van der Waals surface area contributed by atoms with Crippen molar-refractivity contribution < 1.29 is 14.7 Å². The Morgan fingerprint density at radius 1 is 1.73 bits per heavy atom. The van der Waals surface area contributed by atoms with E-state index < -0.39 is 5.97 Å². The molecule has 1 fully saturated rings. The normalized spacial score (nSPS) is 22.9. The number of carbonyl (C=O) groups excluding carboxylic acids is 1. The summed E-state index contributed by atoms with van der Waals surface area (Å²) in [6, 6.07) is -0.0971. The molecule has 84 valence electrons. The molecule has 1 unspecified atom stereocenters. The highest BCUT2D eigenvalue weighted by molar-refractivity contribution is 5.79. The average molecular weight is 212 g/mol. The van der Waals surface area contributed by atoms with E-state index in [0.29, 0.717) is 13.1 Å². The van der Waals surface area contributed by atoms with Crippen molar-refractivity contribution in [2.75, 3.05) is 26.7 Å². The van der Waals surface area contributed by atoms with Crippen LogP contribution < -0.4 is 0 Å². The zero-order valence-electron chi connectivity index (χ0n) is 8.85. The summed E-state index contributed by atoms with van der Waals surface area (Å²) in [7, 11) is 1.77. The summed E-state index contributed by atoms with van der Waals surface area (Å²) in [4.78, 5) is 25.6. The smallest absolute Gasteiger partial charge is 0.305 e. The van der Waals surface area contributed by atoms with Crippen molar-refractivity contribution in [3.8, 4) is 0 Å². The minimum Gasteiger partial charge on any atom is -0.481 e. The van der Waals surface area contributed by atoms with Gasteiger partial charge in [0.05, 0.1) is 13.0 Å². The molecule has 1 heterocycles. The zero-order valence-corrected chi connectivity index (χ0v) is 8.85. The Morgan fingerprint density at radius 2 is 2.40 bits per heavy atom. The van der Waals surface area contributed by atoms with Crippen molar-refractivity contribution in [3.63, 3.8) is 0 Å². The van der Waals surface area contributed by atoms with Gasteiger partial charge in [0.25, 0.3) is 0 Å². The maximum absolute atomic E-state index is 11.5. The molecule has 15 heavy (non-hydrogen) atoms. The fraction of sp³-hybridized carbons (Fsp3) is 0.600. The highest BCUT2D eigenvalue weighted by atomic mass is 16.4. The Morgan fingerprint density at radius 3 is 2.93 bits per heavy atom. The zero-order chi connectivity index (χ0) is 11.4. The number of carbonyl (C=O) groups is 2. The second-order valence-corrected chi connectivity index (χ2v) is 3.75. The molecule has 0 aromatic heterocycles. The van der Waals surface area contributed by atoms with E-state index in [4.69, 9.17) is 5.11 Å². The third kappa shape index (κ3) is 3.06. The van der Waals surface area contributed by atoms with Crippen LogP contribution in [0.5, 0.6) is 0 Å². The van der Waals surface area contributed by atoms with Gasteiger partial charge in [-0.05, 0) is 7.05 Å². The quantitative estimate of drug-likeness (QED) is 0.655. The van der Waals surface area contributed by atoms with Crippen molar-refractivity contribution in [2.45, 2.75) is 12.5 Å². The van der Waals surface area contributed by atoms with Crippen LogP contribution in [-0.2, 0) is 9.59 Å². The van der Waals surface area contributed by atoms with Gasteiger partial charge in [-0.3, -0.25) is 14.5 Å². The minimum atomic E-state index is -0.834. The number of nitrogens with zero attached hydrogens (tertiary/aromatic N) is 2. The Bertz CT molecular complexity index is 278. The van der Waals surface area contributed by atoms with Crippen molar-refractivity contribution in [2.24, 2.45) is 0 Å². The largest absolute Gasteiger partial charge is 0.481 e. The third-order valence-electron chi connectivity index (χ3n) is 2.55. The van der Waals surface area contributed by atoms with Gasteiger partial charge in [-0.15, -0.1) is 6.58 Å². The number of amides is 1. The lowest BCUT2D eigenvalue weighted by Gasteiger charge is -2.37. The Kier molecular flexibility index (Phi) is 3.85. The maximum Gasteiger partial charge on any atom is 0.305 e. The van der Waals surface area contributed by atoms with Crippen molar-refractivity contribution >= 4 is 11.9 Å². The van der Waals surface area contributed by atoms with E-state index in [1.807, 2.05) is 0 Å². The van der Waals surface area contributed by atoms with Crippen LogP contribution in [0.2, 0.25) is 0 Å². The van der Waals surface area contributed by atoms with Crippen molar-refractivity contribution in [1.82, 2.24) is 9.80 Å². The first-order chi connectivity index (χ1) is 7.04. The standard InChI is InChI=1S/C10H16N2O3/c1-3-4-12-6-8(5-10(14)15)11(2)7-9(12)13/h3,8H,1,4-7H2,2H3,(H,14,15). The second-order valence-electron chi connectivity index (χ2n) is 3.75. The van der Waals surface area contributed by atoms with Gasteiger partial charge < -0.3 is 10.0 Å². The Balaban J connectivity index is 2.61. The molecule has 1 N–H and O–H groups in total. The fourth-order valence-electron chi connectivity index (χ4n) is 1.69. The summed E-state index contributed by atoms with van der Waals surface area (Å²) in [5.74, 6) is -0.807. The molecule has 0 saturated carbocycles. The van der Waals surface area contributed by atoms with Crippen LogP contribution in [0.15, 0.2) is 12.7 Å². The summed E-state index contributed by atoms with van der Waals surface area (Å²) in [5.41, 5.74) is 0. The molecule has 0 aliphatic carbocycles. The molecule has 1 atom stereocenters. The molecular formula is C10H16N2O3. The van der Waals surface area contributed by atoms with Crippen LogP contribution in [0.3, 0.4) is 0 Å². The van der Waals surface area contributed by atoms with Gasteiger partial charge in [0, 0.05) is 19.1 Å². The minimum absolute atomic E-state index is 0.0269. The Hall–Kier alpha value is -1.36. The van der Waals surface area contributed by atoms with E-state index in [2.05, 4.69) is 6.58 Å². The van der Waals surface area contributed by atoms with E-state index in [9.17, 15) is 9.59 Å². The third-order valence-corrected chi connectivity index (χ3v) is 2.55. The second kappa shape index (κ2) is 4.93. The van der Waals surface area contributed by atoms with Crippen molar-refractivity contribution in [3.05, 3.63) is 12.7 Å². The lowest BCUT2D eigenvalue weighted by Crippen LogP contribution is -2.55. The number of likely N-dealkylation sites (N-methyl/N-ethyl adjacent to an activating group) is 1. The number of carboxylic acids is 1. The van der Waals surface area contributed by atoms with Crippen LogP contribution in [0.25, 0.3) is 0 Å². The summed E-state index contributed by atoms with van der Waals surface area (Å²) < 4.78 is 0. The number of rotatable bonds is 4. The lowest BCUT2D eigenvalue weighted by molar-refractivity contribution is -0.144. The number of hydrogen-bond donors (Lipinski definition) is 1. The van der Waals surface area contributed by atoms with Crippen molar-refractivity contribution in [1.29, 1.82) is 0 Å². The molecule has 1 rings (SSSR count). The van der Waals surface area contributed by atoms with Gasteiger partial charge in [0.2, 0.25) is 5.91 Å². The predicted molar refractivity (Wildman–Crippen MR) is 55.4 cm³/mol. The van der Waals surface area contributed by atoms with Crippen LogP contribution >= 0.6 is 0 Å². The fourth-order valence-corrected chi connectivity index (χ4v) is 1.69. The van der Waals surface area contributed by atoms with Gasteiger partial charge >= 0.3 is 5.97 Å². The molecule has 5 nitrogen and oxygen atoms in total. The van der Waals surface area contributed by atoms with E-state index in [1.165, 1.54) is 0 Å². The molecule has 0 aromatic carbocycles. The van der Waals surface area contributed by atoms with Gasteiger partial charge in [-0.1, -0.05) is 6.08 Å². The van der Waals surface area contributed by atoms with Gasteiger partial charge in [-0.25, -0.2) is 0 Å². The lowest BCUT2D eigenvalue weighted by atomic mass is 10.1. The summed E-state index contributed by atoms with van der Waals surface area (Å²) in [6.45, 7) is 4.81. The molecule has 5 heteroatoms. The van der Waals surface area contributed by atoms with E-state index in [0.717, 1.165) is 0 Å². The summed E-state index contributed by atoms with van der Waals surface area (Å²) in [5, 5.41) is 8.72.